The van der Waals surface area contributed by atoms with Gasteiger partial charge >= 0.3 is 6.03 Å². The van der Waals surface area contributed by atoms with Crippen LogP contribution in [0.3, 0.4) is 0 Å². The maximum atomic E-state index is 11.8. The maximum Gasteiger partial charge on any atom is 0.325 e. The molecule has 3 amide bonds. The van der Waals surface area contributed by atoms with Crippen LogP contribution in [0.15, 0.2) is 0 Å². The third kappa shape index (κ3) is 1.69. The number of hydrogen-bond donors (Lipinski definition) is 1. The van der Waals surface area contributed by atoms with Crippen molar-refractivity contribution >= 4 is 11.9 Å². The largest absolute Gasteiger partial charge is 0.380 e. The summed E-state index contributed by atoms with van der Waals surface area (Å²) in [6.07, 6.45) is 3.62. The van der Waals surface area contributed by atoms with Crippen molar-refractivity contribution in [3.05, 3.63) is 0 Å². The predicted molar refractivity (Wildman–Crippen MR) is 57.9 cm³/mol. The second-order valence-corrected chi connectivity index (χ2v) is 4.35. The fourth-order valence-electron chi connectivity index (χ4n) is 2.67. The number of amides is 3. The van der Waals surface area contributed by atoms with E-state index < -0.39 is 5.54 Å². The van der Waals surface area contributed by atoms with Crippen molar-refractivity contribution < 1.29 is 14.3 Å². The highest BCUT2D eigenvalue weighted by Crippen LogP contribution is 2.38. The molecule has 16 heavy (non-hydrogen) atoms. The maximum absolute atomic E-state index is 11.8. The first kappa shape index (κ1) is 11.4. The van der Waals surface area contributed by atoms with Crippen molar-refractivity contribution in [3.63, 3.8) is 0 Å². The summed E-state index contributed by atoms with van der Waals surface area (Å²) in [5.74, 6) is -0.119. The molecular formula is C11H18N2O3. The van der Waals surface area contributed by atoms with Crippen LogP contribution >= 0.6 is 0 Å². The number of imide groups is 1. The Morgan fingerprint density at radius 2 is 2.06 bits per heavy atom. The van der Waals surface area contributed by atoms with Crippen LogP contribution in [0.25, 0.3) is 0 Å². The van der Waals surface area contributed by atoms with Crippen molar-refractivity contribution in [1.82, 2.24) is 10.2 Å². The fraction of sp³-hybridized carbons (Fsp3) is 0.818. The SMILES string of the molecule is CCOCCN1C(=O)NC(=O)C12CCCC2. The summed E-state index contributed by atoms with van der Waals surface area (Å²) >= 11 is 0. The van der Waals surface area contributed by atoms with Gasteiger partial charge in [-0.15, -0.1) is 0 Å². The van der Waals surface area contributed by atoms with Gasteiger partial charge in [-0.25, -0.2) is 4.79 Å². The van der Waals surface area contributed by atoms with Gasteiger partial charge in [-0.05, 0) is 19.8 Å². The lowest BCUT2D eigenvalue weighted by molar-refractivity contribution is -0.126. The van der Waals surface area contributed by atoms with Gasteiger partial charge < -0.3 is 9.64 Å². The number of rotatable bonds is 4. The quantitative estimate of drug-likeness (QED) is 0.572. The fourth-order valence-corrected chi connectivity index (χ4v) is 2.67. The van der Waals surface area contributed by atoms with E-state index in [9.17, 15) is 9.59 Å². The van der Waals surface area contributed by atoms with Crippen LogP contribution < -0.4 is 5.32 Å². The highest BCUT2D eigenvalue weighted by Gasteiger charge is 2.53. The average Bonchev–Trinajstić information content (AvgIpc) is 2.81. The number of carbonyl (C=O) groups is 2. The molecule has 1 heterocycles. The topological polar surface area (TPSA) is 58.6 Å². The Kier molecular flexibility index (Phi) is 3.14. The molecule has 2 fully saturated rings. The minimum Gasteiger partial charge on any atom is -0.380 e. The number of carbonyl (C=O) groups excluding carboxylic acids is 2. The highest BCUT2D eigenvalue weighted by molar-refractivity contribution is 6.07. The Balaban J connectivity index is 2.07. The first-order valence-corrected chi connectivity index (χ1v) is 5.91. The molecule has 0 atom stereocenters. The van der Waals surface area contributed by atoms with E-state index in [0.717, 1.165) is 25.7 Å². The van der Waals surface area contributed by atoms with E-state index in [1.54, 1.807) is 4.90 Å². The van der Waals surface area contributed by atoms with Gasteiger partial charge in [0, 0.05) is 13.2 Å². The molecule has 5 nitrogen and oxygen atoms in total. The normalized spacial score (nSPS) is 23.2. The Bertz CT molecular complexity index is 298. The van der Waals surface area contributed by atoms with Crippen LogP contribution in [0.5, 0.6) is 0 Å². The van der Waals surface area contributed by atoms with Crippen LogP contribution in [-0.4, -0.2) is 42.1 Å². The van der Waals surface area contributed by atoms with Gasteiger partial charge in [0.15, 0.2) is 0 Å². The number of urea groups is 1. The predicted octanol–water partition coefficient (Wildman–Crippen LogP) is 0.887. The molecule has 2 rings (SSSR count). The van der Waals surface area contributed by atoms with E-state index in [2.05, 4.69) is 5.32 Å². The summed E-state index contributed by atoms with van der Waals surface area (Å²) < 4.78 is 5.25. The van der Waals surface area contributed by atoms with E-state index in [4.69, 9.17) is 4.74 Å². The molecule has 1 spiro atoms. The lowest BCUT2D eigenvalue weighted by Gasteiger charge is -2.31. The molecule has 1 aliphatic carbocycles. The van der Waals surface area contributed by atoms with E-state index in [-0.39, 0.29) is 11.9 Å². The number of hydrogen-bond acceptors (Lipinski definition) is 3. The Morgan fingerprint density at radius 1 is 1.38 bits per heavy atom. The third-order valence-corrected chi connectivity index (χ3v) is 3.50. The average molecular weight is 226 g/mol. The minimum atomic E-state index is -0.561. The molecule has 2 aliphatic rings. The van der Waals surface area contributed by atoms with Gasteiger partial charge in [0.1, 0.15) is 5.54 Å². The van der Waals surface area contributed by atoms with Crippen LogP contribution in [0.4, 0.5) is 4.79 Å². The standard InChI is InChI=1S/C11H18N2O3/c1-2-16-8-7-13-10(15)12-9(14)11(13)5-3-4-6-11/h2-8H2,1H3,(H,12,14,15). The molecule has 0 unspecified atom stereocenters. The summed E-state index contributed by atoms with van der Waals surface area (Å²) in [7, 11) is 0. The summed E-state index contributed by atoms with van der Waals surface area (Å²) in [6, 6.07) is -0.258. The second-order valence-electron chi connectivity index (χ2n) is 4.35. The van der Waals surface area contributed by atoms with E-state index in [1.807, 2.05) is 6.92 Å². The van der Waals surface area contributed by atoms with Gasteiger partial charge in [0.25, 0.3) is 5.91 Å². The van der Waals surface area contributed by atoms with Gasteiger partial charge in [0.05, 0.1) is 6.61 Å². The van der Waals surface area contributed by atoms with Gasteiger partial charge in [-0.3, -0.25) is 10.1 Å². The smallest absolute Gasteiger partial charge is 0.325 e. The van der Waals surface area contributed by atoms with Crippen LogP contribution in [0, 0.1) is 0 Å². The van der Waals surface area contributed by atoms with Crippen LogP contribution in [0.1, 0.15) is 32.6 Å². The van der Waals surface area contributed by atoms with Gasteiger partial charge in [-0.2, -0.15) is 0 Å². The lowest BCUT2D eigenvalue weighted by Crippen LogP contribution is -2.48. The van der Waals surface area contributed by atoms with E-state index in [1.165, 1.54) is 0 Å². The summed E-state index contributed by atoms with van der Waals surface area (Å²) in [6.45, 7) is 3.56. The number of ether oxygens (including phenoxy) is 1. The zero-order valence-electron chi connectivity index (χ0n) is 9.62. The first-order valence-electron chi connectivity index (χ1n) is 5.91. The number of nitrogens with one attached hydrogen (secondary N) is 1. The molecular weight excluding hydrogens is 208 g/mol. The molecule has 1 N–H and O–H groups in total. The van der Waals surface area contributed by atoms with E-state index in [0.29, 0.717) is 19.8 Å². The van der Waals surface area contributed by atoms with Crippen molar-refractivity contribution in [2.24, 2.45) is 0 Å². The van der Waals surface area contributed by atoms with Crippen molar-refractivity contribution in [1.29, 1.82) is 0 Å². The molecule has 0 bridgehead atoms. The molecule has 5 heteroatoms. The van der Waals surface area contributed by atoms with Crippen LogP contribution in [0.2, 0.25) is 0 Å². The zero-order chi connectivity index (χ0) is 11.6. The highest BCUT2D eigenvalue weighted by atomic mass is 16.5. The summed E-state index contributed by atoms with van der Waals surface area (Å²) in [4.78, 5) is 25.2. The molecule has 0 aromatic rings. The lowest BCUT2D eigenvalue weighted by atomic mass is 9.96. The molecule has 0 aromatic carbocycles. The van der Waals surface area contributed by atoms with Crippen molar-refractivity contribution in [2.45, 2.75) is 38.1 Å². The van der Waals surface area contributed by atoms with E-state index >= 15 is 0 Å². The van der Waals surface area contributed by atoms with Crippen molar-refractivity contribution in [3.8, 4) is 0 Å². The molecule has 90 valence electrons. The van der Waals surface area contributed by atoms with Gasteiger partial charge in [-0.1, -0.05) is 12.8 Å². The summed E-state index contributed by atoms with van der Waals surface area (Å²) in [5.41, 5.74) is -0.561. The zero-order valence-corrected chi connectivity index (χ0v) is 9.62. The van der Waals surface area contributed by atoms with Crippen LogP contribution in [-0.2, 0) is 9.53 Å². The summed E-state index contributed by atoms with van der Waals surface area (Å²) in [5, 5.41) is 2.42. The third-order valence-electron chi connectivity index (χ3n) is 3.50. The Morgan fingerprint density at radius 3 is 2.69 bits per heavy atom. The number of nitrogens with zero attached hydrogens (tertiary/aromatic N) is 1. The Hall–Kier alpha value is -1.10. The monoisotopic (exact) mass is 226 g/mol. The van der Waals surface area contributed by atoms with Gasteiger partial charge in [0.2, 0.25) is 0 Å². The molecule has 0 aromatic heterocycles. The molecule has 1 saturated heterocycles. The first-order chi connectivity index (χ1) is 7.70. The molecule has 1 aliphatic heterocycles. The molecule has 0 radical (unpaired) electrons. The second kappa shape index (κ2) is 4.41. The minimum absolute atomic E-state index is 0.119. The molecule has 1 saturated carbocycles. The Labute approximate surface area is 95.1 Å². The van der Waals surface area contributed by atoms with Crippen molar-refractivity contribution in [2.75, 3.05) is 19.8 Å².